The molecule has 132 valence electrons. The first-order valence-corrected chi connectivity index (χ1v) is 7.44. The Bertz CT molecular complexity index is 1050. The van der Waals surface area contributed by atoms with Gasteiger partial charge in [0.1, 0.15) is 22.9 Å². The summed E-state index contributed by atoms with van der Waals surface area (Å²) in [7, 11) is 0. The average molecular weight is 362 g/mol. The van der Waals surface area contributed by atoms with Crippen molar-refractivity contribution >= 4 is 11.0 Å². The normalized spacial score (nSPS) is 11.8. The number of aromatic amines is 1. The van der Waals surface area contributed by atoms with Gasteiger partial charge in [-0.25, -0.2) is 14.1 Å². The fourth-order valence-corrected chi connectivity index (χ4v) is 2.46. The Morgan fingerprint density at radius 2 is 1.85 bits per heavy atom. The van der Waals surface area contributed by atoms with E-state index in [4.69, 9.17) is 4.74 Å². The van der Waals surface area contributed by atoms with E-state index in [2.05, 4.69) is 15.1 Å². The lowest BCUT2D eigenvalue weighted by Gasteiger charge is -2.13. The van der Waals surface area contributed by atoms with Crippen molar-refractivity contribution in [2.75, 3.05) is 0 Å². The van der Waals surface area contributed by atoms with Crippen molar-refractivity contribution < 1.29 is 22.3 Å². The SMILES string of the molecule is Fc1ccc(Oc2cc3nc(-n4cccn4)[nH]c3cc2C(F)(F)F)cc1. The molecule has 0 spiro atoms. The average Bonchev–Trinajstić information content (AvgIpc) is 3.23. The van der Waals surface area contributed by atoms with Gasteiger partial charge in [-0.2, -0.15) is 18.3 Å². The lowest BCUT2D eigenvalue weighted by molar-refractivity contribution is -0.138. The van der Waals surface area contributed by atoms with Crippen LogP contribution in [0.15, 0.2) is 54.9 Å². The maximum atomic E-state index is 13.4. The number of nitrogens with zero attached hydrogens (tertiary/aromatic N) is 3. The quantitative estimate of drug-likeness (QED) is 0.538. The van der Waals surface area contributed by atoms with Gasteiger partial charge in [0.15, 0.2) is 0 Å². The number of ether oxygens (including phenoxy) is 1. The fourth-order valence-electron chi connectivity index (χ4n) is 2.46. The van der Waals surface area contributed by atoms with E-state index in [1.165, 1.54) is 29.1 Å². The van der Waals surface area contributed by atoms with Crippen molar-refractivity contribution in [2.45, 2.75) is 6.18 Å². The Morgan fingerprint density at radius 1 is 1.08 bits per heavy atom. The Morgan fingerprint density at radius 3 is 2.50 bits per heavy atom. The second kappa shape index (κ2) is 5.87. The first-order chi connectivity index (χ1) is 12.4. The zero-order valence-corrected chi connectivity index (χ0v) is 13.0. The molecule has 2 heterocycles. The molecular formula is C17H10F4N4O. The molecule has 0 bridgehead atoms. The van der Waals surface area contributed by atoms with Crippen LogP contribution in [-0.4, -0.2) is 19.7 Å². The second-order valence-corrected chi connectivity index (χ2v) is 5.43. The summed E-state index contributed by atoms with van der Waals surface area (Å²) in [6, 6.07) is 8.48. The standard InChI is InChI=1S/C17H10F4N4O/c18-10-2-4-11(5-3-10)26-15-9-14-13(8-12(15)17(19,20)21)23-16(24-14)25-7-1-6-22-25/h1-9H,(H,23,24). The van der Waals surface area contributed by atoms with Crippen LogP contribution < -0.4 is 4.74 Å². The number of rotatable bonds is 3. The van der Waals surface area contributed by atoms with Crippen LogP contribution in [-0.2, 0) is 6.18 Å². The number of benzene rings is 2. The molecular weight excluding hydrogens is 352 g/mol. The number of halogens is 4. The van der Waals surface area contributed by atoms with Crippen molar-refractivity contribution in [3.63, 3.8) is 0 Å². The summed E-state index contributed by atoms with van der Waals surface area (Å²) in [5, 5.41) is 3.99. The molecule has 0 radical (unpaired) electrons. The molecule has 0 aliphatic heterocycles. The van der Waals surface area contributed by atoms with Gasteiger partial charge in [-0.15, -0.1) is 0 Å². The number of nitrogens with one attached hydrogen (secondary N) is 1. The van der Waals surface area contributed by atoms with Gasteiger partial charge in [0, 0.05) is 18.5 Å². The smallest absolute Gasteiger partial charge is 0.420 e. The van der Waals surface area contributed by atoms with Gasteiger partial charge in [-0.1, -0.05) is 0 Å². The fraction of sp³-hybridized carbons (Fsp3) is 0.0588. The van der Waals surface area contributed by atoms with Crippen molar-refractivity contribution in [3.05, 3.63) is 66.2 Å². The molecule has 0 amide bonds. The van der Waals surface area contributed by atoms with Crippen LogP contribution in [0.2, 0.25) is 0 Å². The van der Waals surface area contributed by atoms with Crippen molar-refractivity contribution in [1.29, 1.82) is 0 Å². The zero-order valence-electron chi connectivity index (χ0n) is 13.0. The third kappa shape index (κ3) is 2.99. The van der Waals surface area contributed by atoms with Gasteiger partial charge in [0.2, 0.25) is 5.95 Å². The molecule has 2 aromatic carbocycles. The topological polar surface area (TPSA) is 55.7 Å². The molecule has 2 aromatic heterocycles. The van der Waals surface area contributed by atoms with Crippen LogP contribution >= 0.6 is 0 Å². The van der Waals surface area contributed by atoms with Crippen LogP contribution in [0.4, 0.5) is 17.6 Å². The highest BCUT2D eigenvalue weighted by Crippen LogP contribution is 2.40. The van der Waals surface area contributed by atoms with Gasteiger partial charge in [0.25, 0.3) is 0 Å². The predicted octanol–water partition coefficient (Wildman–Crippen LogP) is 4.70. The minimum absolute atomic E-state index is 0.0825. The number of aromatic nitrogens is 4. The molecule has 5 nitrogen and oxygen atoms in total. The molecule has 0 atom stereocenters. The molecule has 0 aliphatic carbocycles. The van der Waals surface area contributed by atoms with Crippen LogP contribution in [0.5, 0.6) is 11.5 Å². The van der Waals surface area contributed by atoms with Crippen molar-refractivity contribution in [3.8, 4) is 17.4 Å². The molecule has 0 saturated carbocycles. The summed E-state index contributed by atoms with van der Waals surface area (Å²) in [4.78, 5) is 7.03. The van der Waals surface area contributed by atoms with E-state index in [1.807, 2.05) is 0 Å². The Labute approximate surface area is 143 Å². The van der Waals surface area contributed by atoms with Gasteiger partial charge in [-0.3, -0.25) is 0 Å². The summed E-state index contributed by atoms with van der Waals surface area (Å²) < 4.78 is 60.0. The minimum atomic E-state index is -4.64. The largest absolute Gasteiger partial charge is 0.457 e. The van der Waals surface area contributed by atoms with Crippen molar-refractivity contribution in [2.24, 2.45) is 0 Å². The van der Waals surface area contributed by atoms with Crippen molar-refractivity contribution in [1.82, 2.24) is 19.7 Å². The highest BCUT2D eigenvalue weighted by Gasteiger charge is 2.35. The first-order valence-electron chi connectivity index (χ1n) is 7.44. The van der Waals surface area contributed by atoms with E-state index >= 15 is 0 Å². The molecule has 0 saturated heterocycles. The number of alkyl halides is 3. The molecule has 1 N–H and O–H groups in total. The van der Waals surface area contributed by atoms with E-state index in [9.17, 15) is 17.6 Å². The summed E-state index contributed by atoms with van der Waals surface area (Å²) in [6.07, 6.45) is -1.50. The third-order valence-electron chi connectivity index (χ3n) is 3.64. The van der Waals surface area contributed by atoms with E-state index in [0.717, 1.165) is 18.2 Å². The van der Waals surface area contributed by atoms with E-state index < -0.39 is 23.3 Å². The number of imidazole rings is 1. The predicted molar refractivity (Wildman–Crippen MR) is 84.7 cm³/mol. The lowest BCUT2D eigenvalue weighted by atomic mass is 10.1. The maximum Gasteiger partial charge on any atom is 0.420 e. The van der Waals surface area contributed by atoms with Crippen LogP contribution in [0.1, 0.15) is 5.56 Å². The van der Waals surface area contributed by atoms with E-state index in [1.54, 1.807) is 12.3 Å². The molecule has 0 fully saturated rings. The zero-order chi connectivity index (χ0) is 18.3. The van der Waals surface area contributed by atoms with Crippen LogP contribution in [0.3, 0.4) is 0 Å². The molecule has 4 rings (SSSR count). The van der Waals surface area contributed by atoms with Gasteiger partial charge < -0.3 is 9.72 Å². The molecule has 9 heteroatoms. The maximum absolute atomic E-state index is 13.4. The van der Waals surface area contributed by atoms with Gasteiger partial charge >= 0.3 is 6.18 Å². The monoisotopic (exact) mass is 362 g/mol. The van der Waals surface area contributed by atoms with Crippen LogP contribution in [0, 0.1) is 5.82 Å². The second-order valence-electron chi connectivity index (χ2n) is 5.43. The van der Waals surface area contributed by atoms with Crippen LogP contribution in [0.25, 0.3) is 17.0 Å². The molecule has 26 heavy (non-hydrogen) atoms. The highest BCUT2D eigenvalue weighted by molar-refractivity contribution is 5.80. The summed E-state index contributed by atoms with van der Waals surface area (Å²) in [5.41, 5.74) is -0.500. The Balaban J connectivity index is 1.82. The van der Waals surface area contributed by atoms with E-state index in [0.29, 0.717) is 0 Å². The number of H-pyrrole nitrogens is 1. The molecule has 4 aromatic rings. The third-order valence-corrected chi connectivity index (χ3v) is 3.64. The first kappa shape index (κ1) is 16.1. The lowest BCUT2D eigenvalue weighted by Crippen LogP contribution is -2.07. The Hall–Kier alpha value is -3.36. The van der Waals surface area contributed by atoms with E-state index in [-0.39, 0.29) is 22.7 Å². The van der Waals surface area contributed by atoms with Gasteiger partial charge in [-0.05, 0) is 36.4 Å². The summed E-state index contributed by atoms with van der Waals surface area (Å²) in [5.74, 6) is -0.578. The molecule has 0 aliphatic rings. The van der Waals surface area contributed by atoms with Gasteiger partial charge in [0.05, 0.1) is 11.0 Å². The summed E-state index contributed by atoms with van der Waals surface area (Å²) in [6.45, 7) is 0. The number of hydrogen-bond acceptors (Lipinski definition) is 3. The Kier molecular flexibility index (Phi) is 3.64. The minimum Gasteiger partial charge on any atom is -0.457 e. The molecule has 0 unspecified atom stereocenters. The number of fused-ring (bicyclic) bond motifs is 1. The highest BCUT2D eigenvalue weighted by atomic mass is 19.4. The number of hydrogen-bond donors (Lipinski definition) is 1. The summed E-state index contributed by atoms with van der Waals surface area (Å²) >= 11 is 0.